The molecular weight excluding hydrogens is 326 g/mol. The number of nitriles is 1. The van der Waals surface area contributed by atoms with Crippen LogP contribution < -0.4 is 5.32 Å². The Labute approximate surface area is 143 Å². The molecule has 1 atom stereocenters. The molecule has 0 aliphatic carbocycles. The second-order valence-corrected chi connectivity index (χ2v) is 8.13. The Morgan fingerprint density at radius 3 is 2.71 bits per heavy atom. The van der Waals surface area contributed by atoms with Crippen LogP contribution in [0.1, 0.15) is 38.2 Å². The molecule has 24 heavy (non-hydrogen) atoms. The standard InChI is InChI=1S/C17H23N3O3S/c1-2-3-11-24(22,23)20-10-4-5-15(13-20)17(21)19-16-8-6-14(12-18)7-9-16/h6-9,15H,2-5,10-11,13H2,1H3,(H,19,21). The summed E-state index contributed by atoms with van der Waals surface area (Å²) in [5.74, 6) is -0.367. The minimum absolute atomic E-state index is 0.146. The molecule has 0 saturated carbocycles. The van der Waals surface area contributed by atoms with Gasteiger partial charge in [-0.05, 0) is 43.5 Å². The monoisotopic (exact) mass is 349 g/mol. The molecule has 1 aromatic rings. The zero-order chi connectivity index (χ0) is 17.6. The molecule has 7 heteroatoms. The summed E-state index contributed by atoms with van der Waals surface area (Å²) in [6.07, 6.45) is 2.84. The fourth-order valence-electron chi connectivity index (χ4n) is 2.74. The Morgan fingerprint density at radius 2 is 2.08 bits per heavy atom. The average molecular weight is 349 g/mol. The maximum absolute atomic E-state index is 12.4. The first-order valence-electron chi connectivity index (χ1n) is 8.25. The zero-order valence-electron chi connectivity index (χ0n) is 13.9. The van der Waals surface area contributed by atoms with Crippen LogP contribution in [0.3, 0.4) is 0 Å². The third kappa shape index (κ3) is 4.79. The fraction of sp³-hybridized carbons (Fsp3) is 0.529. The second kappa shape index (κ2) is 8.27. The molecule has 1 unspecified atom stereocenters. The number of benzene rings is 1. The lowest BCUT2D eigenvalue weighted by Crippen LogP contribution is -2.44. The van der Waals surface area contributed by atoms with E-state index >= 15 is 0 Å². The third-order valence-corrected chi connectivity index (χ3v) is 6.11. The van der Waals surface area contributed by atoms with Gasteiger partial charge in [0, 0.05) is 18.8 Å². The molecule has 2 rings (SSSR count). The van der Waals surface area contributed by atoms with E-state index in [-0.39, 0.29) is 24.1 Å². The Morgan fingerprint density at radius 1 is 1.38 bits per heavy atom. The molecule has 6 nitrogen and oxygen atoms in total. The molecule has 0 radical (unpaired) electrons. The van der Waals surface area contributed by atoms with Crippen molar-refractivity contribution in [2.24, 2.45) is 5.92 Å². The van der Waals surface area contributed by atoms with Gasteiger partial charge in [0.1, 0.15) is 0 Å². The van der Waals surface area contributed by atoms with Crippen LogP contribution in [0.25, 0.3) is 0 Å². The lowest BCUT2D eigenvalue weighted by atomic mass is 9.98. The Hall–Kier alpha value is -1.91. The van der Waals surface area contributed by atoms with Gasteiger partial charge in [0.25, 0.3) is 0 Å². The van der Waals surface area contributed by atoms with E-state index in [1.165, 1.54) is 4.31 Å². The highest BCUT2D eigenvalue weighted by Crippen LogP contribution is 2.22. The van der Waals surface area contributed by atoms with Crippen molar-refractivity contribution in [2.75, 3.05) is 24.2 Å². The van der Waals surface area contributed by atoms with Crippen LogP contribution in [0, 0.1) is 17.2 Å². The number of anilines is 1. The number of carbonyl (C=O) groups excluding carboxylic acids is 1. The molecule has 1 amide bonds. The van der Waals surface area contributed by atoms with E-state index in [9.17, 15) is 13.2 Å². The summed E-state index contributed by atoms with van der Waals surface area (Å²) in [7, 11) is -3.28. The van der Waals surface area contributed by atoms with E-state index in [4.69, 9.17) is 5.26 Å². The second-order valence-electron chi connectivity index (χ2n) is 6.05. The fourth-order valence-corrected chi connectivity index (χ4v) is 4.46. The van der Waals surface area contributed by atoms with Crippen molar-refractivity contribution >= 4 is 21.6 Å². The largest absolute Gasteiger partial charge is 0.326 e. The van der Waals surface area contributed by atoms with Crippen molar-refractivity contribution in [3.63, 3.8) is 0 Å². The molecule has 1 aliphatic rings. The Bertz CT molecular complexity index is 708. The number of amides is 1. The molecule has 1 aliphatic heterocycles. The third-order valence-electron chi connectivity index (χ3n) is 4.19. The molecule has 0 spiro atoms. The SMILES string of the molecule is CCCCS(=O)(=O)N1CCCC(C(=O)Nc2ccc(C#N)cc2)C1. The van der Waals surface area contributed by atoms with Crippen LogP contribution in [0.5, 0.6) is 0 Å². The van der Waals surface area contributed by atoms with Gasteiger partial charge in [0.15, 0.2) is 0 Å². The molecule has 130 valence electrons. The number of piperidine rings is 1. The lowest BCUT2D eigenvalue weighted by Gasteiger charge is -2.31. The predicted octanol–water partition coefficient (Wildman–Crippen LogP) is 2.34. The molecular formula is C17H23N3O3S. The number of rotatable bonds is 6. The lowest BCUT2D eigenvalue weighted by molar-refractivity contribution is -0.120. The number of sulfonamides is 1. The van der Waals surface area contributed by atoms with Gasteiger partial charge in [-0.25, -0.2) is 12.7 Å². The highest BCUT2D eigenvalue weighted by Gasteiger charge is 2.31. The summed E-state index contributed by atoms with van der Waals surface area (Å²) in [5.41, 5.74) is 1.14. The van der Waals surface area contributed by atoms with Crippen molar-refractivity contribution in [3.05, 3.63) is 29.8 Å². The summed E-state index contributed by atoms with van der Waals surface area (Å²) >= 11 is 0. The van der Waals surface area contributed by atoms with Gasteiger partial charge in [0.05, 0.1) is 23.3 Å². The van der Waals surface area contributed by atoms with Crippen molar-refractivity contribution in [3.8, 4) is 6.07 Å². The number of hydrogen-bond donors (Lipinski definition) is 1. The van der Waals surface area contributed by atoms with E-state index in [1.54, 1.807) is 24.3 Å². The minimum Gasteiger partial charge on any atom is -0.326 e. The minimum atomic E-state index is -3.28. The smallest absolute Gasteiger partial charge is 0.228 e. The summed E-state index contributed by atoms with van der Waals surface area (Å²) in [6, 6.07) is 8.65. The first kappa shape index (κ1) is 18.4. The molecule has 1 saturated heterocycles. The van der Waals surface area contributed by atoms with Gasteiger partial charge in [-0.1, -0.05) is 13.3 Å². The number of nitrogens with one attached hydrogen (secondary N) is 1. The van der Waals surface area contributed by atoms with Crippen LogP contribution in [0.4, 0.5) is 5.69 Å². The van der Waals surface area contributed by atoms with Crippen molar-refractivity contribution in [2.45, 2.75) is 32.6 Å². The van der Waals surface area contributed by atoms with Crippen molar-refractivity contribution in [1.82, 2.24) is 4.31 Å². The number of nitrogens with zero attached hydrogens (tertiary/aromatic N) is 2. The van der Waals surface area contributed by atoms with Gasteiger partial charge < -0.3 is 5.32 Å². The van der Waals surface area contributed by atoms with Gasteiger partial charge in [0.2, 0.25) is 15.9 Å². The van der Waals surface area contributed by atoms with Crippen molar-refractivity contribution in [1.29, 1.82) is 5.26 Å². The van der Waals surface area contributed by atoms with Crippen molar-refractivity contribution < 1.29 is 13.2 Å². The Kier molecular flexibility index (Phi) is 6.35. The van der Waals surface area contributed by atoms with E-state index in [2.05, 4.69) is 5.32 Å². The summed E-state index contributed by atoms with van der Waals surface area (Å²) in [6.45, 7) is 2.69. The predicted molar refractivity (Wildman–Crippen MR) is 92.8 cm³/mol. The quantitative estimate of drug-likeness (QED) is 0.853. The first-order valence-corrected chi connectivity index (χ1v) is 9.86. The zero-order valence-corrected chi connectivity index (χ0v) is 14.7. The summed E-state index contributed by atoms with van der Waals surface area (Å²) in [4.78, 5) is 12.4. The van der Waals surface area contributed by atoms with Gasteiger partial charge in [-0.2, -0.15) is 5.26 Å². The van der Waals surface area contributed by atoms with Crippen LogP contribution in [0.15, 0.2) is 24.3 Å². The maximum atomic E-state index is 12.4. The van der Waals surface area contributed by atoms with E-state index in [0.717, 1.165) is 6.42 Å². The number of carbonyl (C=O) groups is 1. The molecule has 1 heterocycles. The normalized spacial score (nSPS) is 18.8. The van der Waals surface area contributed by atoms with E-state index in [1.807, 2.05) is 13.0 Å². The molecule has 1 aromatic carbocycles. The molecule has 0 aromatic heterocycles. The number of hydrogen-bond acceptors (Lipinski definition) is 4. The average Bonchev–Trinajstić information content (AvgIpc) is 2.61. The van der Waals surface area contributed by atoms with Crippen LogP contribution in [-0.4, -0.2) is 37.5 Å². The van der Waals surface area contributed by atoms with E-state index in [0.29, 0.717) is 37.1 Å². The van der Waals surface area contributed by atoms with E-state index < -0.39 is 10.0 Å². The highest BCUT2D eigenvalue weighted by atomic mass is 32.2. The molecule has 1 N–H and O–H groups in total. The number of unbranched alkanes of at least 4 members (excludes halogenated alkanes) is 1. The van der Waals surface area contributed by atoms with Gasteiger partial charge in [-0.15, -0.1) is 0 Å². The van der Waals surface area contributed by atoms with Crippen LogP contribution in [-0.2, 0) is 14.8 Å². The van der Waals surface area contributed by atoms with Crippen LogP contribution >= 0.6 is 0 Å². The molecule has 1 fully saturated rings. The highest BCUT2D eigenvalue weighted by molar-refractivity contribution is 7.89. The Balaban J connectivity index is 1.98. The summed E-state index contributed by atoms with van der Waals surface area (Å²) < 4.78 is 26.1. The van der Waals surface area contributed by atoms with Crippen LogP contribution in [0.2, 0.25) is 0 Å². The maximum Gasteiger partial charge on any atom is 0.228 e. The topological polar surface area (TPSA) is 90.3 Å². The summed E-state index contributed by atoms with van der Waals surface area (Å²) in [5, 5.41) is 11.6. The first-order chi connectivity index (χ1) is 11.5. The molecule has 0 bridgehead atoms. The van der Waals surface area contributed by atoms with Gasteiger partial charge >= 0.3 is 0 Å². The van der Waals surface area contributed by atoms with Gasteiger partial charge in [-0.3, -0.25) is 4.79 Å².